The fourth-order valence-corrected chi connectivity index (χ4v) is 1.33. The van der Waals surface area contributed by atoms with Crippen molar-refractivity contribution in [3.8, 4) is 0 Å². The predicted molar refractivity (Wildman–Crippen MR) is 45.4 cm³/mol. The Balaban J connectivity index is 2.30. The zero-order chi connectivity index (χ0) is 7.23. The lowest BCUT2D eigenvalue weighted by Crippen LogP contribution is -2.14. The lowest BCUT2D eigenvalue weighted by molar-refractivity contribution is 0.417. The first-order valence-corrected chi connectivity index (χ1v) is 4.11. The lowest BCUT2D eigenvalue weighted by atomic mass is 9.59. The van der Waals surface area contributed by atoms with Gasteiger partial charge in [0.2, 0.25) is 0 Å². The van der Waals surface area contributed by atoms with Crippen molar-refractivity contribution in [2.45, 2.75) is 31.9 Å². The van der Waals surface area contributed by atoms with Crippen LogP contribution < -0.4 is 0 Å². The summed E-state index contributed by atoms with van der Waals surface area (Å²) in [5, 5.41) is 0. The van der Waals surface area contributed by atoms with Gasteiger partial charge >= 0.3 is 0 Å². The highest BCUT2D eigenvalue weighted by Gasteiger charge is 2.11. The largest absolute Gasteiger partial charge is 0.438 e. The van der Waals surface area contributed by atoms with E-state index in [-0.39, 0.29) is 0 Å². The molecular weight excluding hydrogens is 123 g/mol. The summed E-state index contributed by atoms with van der Waals surface area (Å²) < 4.78 is 5.28. The maximum absolute atomic E-state index is 5.28. The Hall–Kier alpha value is -0.235. The van der Waals surface area contributed by atoms with E-state index in [1.54, 1.807) is 7.11 Å². The van der Waals surface area contributed by atoms with Crippen LogP contribution in [-0.4, -0.2) is 14.0 Å². The Labute approximate surface area is 63.6 Å². The van der Waals surface area contributed by atoms with Crippen LogP contribution >= 0.6 is 0 Å². The van der Waals surface area contributed by atoms with Crippen LogP contribution in [0.15, 0.2) is 12.2 Å². The molecule has 0 amide bonds. The topological polar surface area (TPSA) is 9.23 Å². The molecule has 0 radical (unpaired) electrons. The van der Waals surface area contributed by atoms with Gasteiger partial charge in [0.05, 0.1) is 0 Å². The van der Waals surface area contributed by atoms with Gasteiger partial charge in [0.1, 0.15) is 0 Å². The molecule has 0 saturated carbocycles. The van der Waals surface area contributed by atoms with Gasteiger partial charge in [0, 0.05) is 7.11 Å². The Kier molecular flexibility index (Phi) is 3.59. The normalized spacial score (nSPS) is 20.3. The first-order chi connectivity index (χ1) is 4.93. The number of allylic oxidation sites excluding steroid dienone is 2. The quantitative estimate of drug-likeness (QED) is 0.399. The zero-order valence-corrected chi connectivity index (χ0v) is 6.68. The Morgan fingerprint density at radius 3 is 3.00 bits per heavy atom. The molecule has 0 aromatic rings. The summed E-state index contributed by atoms with van der Waals surface area (Å²) in [6, 6.07) is 0. The summed E-state index contributed by atoms with van der Waals surface area (Å²) in [6.45, 7) is 0.483. The second-order valence-corrected chi connectivity index (χ2v) is 2.85. The van der Waals surface area contributed by atoms with E-state index in [4.69, 9.17) is 4.65 Å². The van der Waals surface area contributed by atoms with E-state index >= 15 is 0 Å². The molecule has 56 valence electrons. The van der Waals surface area contributed by atoms with Crippen molar-refractivity contribution in [1.82, 2.24) is 0 Å². The van der Waals surface area contributed by atoms with Crippen LogP contribution in [-0.2, 0) is 4.65 Å². The monoisotopic (exact) mass is 138 g/mol. The zero-order valence-electron chi connectivity index (χ0n) is 6.68. The van der Waals surface area contributed by atoms with Crippen molar-refractivity contribution in [2.75, 3.05) is 7.11 Å². The van der Waals surface area contributed by atoms with Crippen molar-refractivity contribution in [3.63, 3.8) is 0 Å². The number of hydrogen-bond donors (Lipinski definition) is 0. The van der Waals surface area contributed by atoms with Crippen molar-refractivity contribution < 1.29 is 4.65 Å². The van der Waals surface area contributed by atoms with Crippen molar-refractivity contribution >= 4 is 6.92 Å². The molecule has 0 aliphatic carbocycles. The van der Waals surface area contributed by atoms with Crippen LogP contribution in [0.1, 0.15) is 19.3 Å². The third-order valence-corrected chi connectivity index (χ3v) is 2.05. The molecule has 1 aliphatic rings. The van der Waals surface area contributed by atoms with Crippen molar-refractivity contribution in [1.29, 1.82) is 0 Å². The second kappa shape index (κ2) is 4.56. The molecule has 0 N–H and O–H groups in total. The summed E-state index contributed by atoms with van der Waals surface area (Å²) in [4.78, 5) is 0. The van der Waals surface area contributed by atoms with Gasteiger partial charge in [-0.05, 0) is 19.1 Å². The van der Waals surface area contributed by atoms with Crippen LogP contribution in [0, 0.1) is 0 Å². The Morgan fingerprint density at radius 1 is 1.30 bits per heavy atom. The molecule has 0 atom stereocenters. The van der Waals surface area contributed by atoms with Gasteiger partial charge in [0.15, 0.2) is 0 Å². The summed E-state index contributed by atoms with van der Waals surface area (Å²) in [5.41, 5.74) is 0. The number of rotatable bonds is 1. The van der Waals surface area contributed by atoms with Gasteiger partial charge in [-0.15, -0.1) is 0 Å². The average molecular weight is 138 g/mol. The molecule has 1 nitrogen and oxygen atoms in total. The first-order valence-electron chi connectivity index (χ1n) is 4.11. The van der Waals surface area contributed by atoms with E-state index in [9.17, 15) is 0 Å². The molecule has 2 heteroatoms. The molecule has 0 bridgehead atoms. The van der Waals surface area contributed by atoms with E-state index in [1.807, 2.05) is 0 Å². The van der Waals surface area contributed by atoms with Gasteiger partial charge in [-0.25, -0.2) is 0 Å². The van der Waals surface area contributed by atoms with Gasteiger partial charge in [0.25, 0.3) is 6.92 Å². The molecule has 0 aromatic heterocycles. The fraction of sp³-hybridized carbons (Fsp3) is 0.750. The molecule has 0 aromatic carbocycles. The summed E-state index contributed by atoms with van der Waals surface area (Å²) >= 11 is 0. The van der Waals surface area contributed by atoms with Crippen molar-refractivity contribution in [3.05, 3.63) is 12.2 Å². The highest BCUT2D eigenvalue weighted by atomic mass is 16.4. The maximum Gasteiger partial charge on any atom is 0.296 e. The second-order valence-electron chi connectivity index (χ2n) is 2.85. The van der Waals surface area contributed by atoms with Gasteiger partial charge in [-0.1, -0.05) is 25.0 Å². The van der Waals surface area contributed by atoms with Crippen LogP contribution in [0.25, 0.3) is 0 Å². The highest BCUT2D eigenvalue weighted by molar-refractivity contribution is 6.52. The molecule has 0 spiro atoms. The Bertz CT molecular complexity index is 112. The molecule has 0 unspecified atom stereocenters. The van der Waals surface area contributed by atoms with E-state index < -0.39 is 0 Å². The van der Waals surface area contributed by atoms with Crippen LogP contribution in [0.5, 0.6) is 0 Å². The van der Waals surface area contributed by atoms with Crippen molar-refractivity contribution in [2.24, 2.45) is 0 Å². The predicted octanol–water partition coefficient (Wildman–Crippen LogP) is 2.36. The van der Waals surface area contributed by atoms with Gasteiger partial charge in [-0.3, -0.25) is 0 Å². The van der Waals surface area contributed by atoms with E-state index in [2.05, 4.69) is 12.2 Å². The maximum atomic E-state index is 5.28. The van der Waals surface area contributed by atoms with Gasteiger partial charge in [-0.2, -0.15) is 0 Å². The minimum absolute atomic E-state index is 0.483. The summed E-state index contributed by atoms with van der Waals surface area (Å²) in [5.74, 6) is 0. The third kappa shape index (κ3) is 2.57. The van der Waals surface area contributed by atoms with Crippen LogP contribution in [0.4, 0.5) is 0 Å². The Morgan fingerprint density at radius 2 is 2.20 bits per heavy atom. The lowest BCUT2D eigenvalue weighted by Gasteiger charge is -2.10. The van der Waals surface area contributed by atoms with Crippen LogP contribution in [0.2, 0.25) is 12.6 Å². The standard InChI is InChI=1S/C8H15BO/c1-10-9-7-5-3-2-4-6-8-9/h3,5H,2,4,6-8H2,1H3. The highest BCUT2D eigenvalue weighted by Crippen LogP contribution is 2.12. The molecule has 0 fully saturated rings. The van der Waals surface area contributed by atoms with E-state index in [1.165, 1.54) is 25.6 Å². The number of hydrogen-bond acceptors (Lipinski definition) is 1. The smallest absolute Gasteiger partial charge is 0.296 e. The fourth-order valence-electron chi connectivity index (χ4n) is 1.33. The van der Waals surface area contributed by atoms with E-state index in [0.717, 1.165) is 6.32 Å². The average Bonchev–Trinajstić information content (AvgIpc) is 1.87. The summed E-state index contributed by atoms with van der Waals surface area (Å²) in [6.07, 6.45) is 10.8. The third-order valence-electron chi connectivity index (χ3n) is 2.05. The minimum atomic E-state index is 0.483. The van der Waals surface area contributed by atoms with E-state index in [0.29, 0.717) is 6.92 Å². The molecule has 0 saturated heterocycles. The first kappa shape index (κ1) is 7.87. The molecule has 1 aliphatic heterocycles. The van der Waals surface area contributed by atoms with Gasteiger partial charge < -0.3 is 4.65 Å². The SMILES string of the molecule is COB1CC=CCCCC1. The molecule has 10 heavy (non-hydrogen) atoms. The summed E-state index contributed by atoms with van der Waals surface area (Å²) in [7, 11) is 1.81. The molecule has 1 rings (SSSR count). The van der Waals surface area contributed by atoms with Crippen LogP contribution in [0.3, 0.4) is 0 Å². The molecule has 1 heterocycles. The minimum Gasteiger partial charge on any atom is -0.438 e. The molecular formula is C8H15BO.